The zero-order valence-electron chi connectivity index (χ0n) is 16.6. The quantitative estimate of drug-likeness (QED) is 0.598. The highest BCUT2D eigenvalue weighted by Gasteiger charge is 2.25. The molecular formula is C23H25N3O3. The number of aromatic nitrogens is 2. The Balaban J connectivity index is 1.54. The third-order valence-electron chi connectivity index (χ3n) is 4.53. The summed E-state index contributed by atoms with van der Waals surface area (Å²) in [4.78, 5) is 24.9. The standard InChI is InChI=1S/C23H25N3O3/c1-17(2)22(25-21(27)15-18-7-4-3-5-8-18)23(28)29-16-19-9-11-20(12-10-19)26-14-6-13-24-26/h3-14,17,22H,15-16H2,1-2H3,(H,25,27)/t22-/m1/s1. The Labute approximate surface area is 170 Å². The SMILES string of the molecule is CC(C)[C@@H](NC(=O)Cc1ccccc1)C(=O)OCc1ccc(-n2cccn2)cc1. The summed E-state index contributed by atoms with van der Waals surface area (Å²) >= 11 is 0. The van der Waals surface area contributed by atoms with Crippen LogP contribution in [0.5, 0.6) is 0 Å². The van der Waals surface area contributed by atoms with Crippen LogP contribution < -0.4 is 5.32 Å². The first-order valence-electron chi connectivity index (χ1n) is 9.62. The van der Waals surface area contributed by atoms with Gasteiger partial charge in [0.15, 0.2) is 0 Å². The first-order chi connectivity index (χ1) is 14.0. The summed E-state index contributed by atoms with van der Waals surface area (Å²) in [7, 11) is 0. The fraction of sp³-hybridized carbons (Fsp3) is 0.261. The van der Waals surface area contributed by atoms with Gasteiger partial charge in [-0.15, -0.1) is 0 Å². The van der Waals surface area contributed by atoms with E-state index >= 15 is 0 Å². The van der Waals surface area contributed by atoms with Gasteiger partial charge in [0.1, 0.15) is 12.6 Å². The second-order valence-corrected chi connectivity index (χ2v) is 7.18. The summed E-state index contributed by atoms with van der Waals surface area (Å²) in [5.74, 6) is -0.711. The Hall–Kier alpha value is -3.41. The van der Waals surface area contributed by atoms with E-state index in [1.807, 2.05) is 80.7 Å². The van der Waals surface area contributed by atoms with E-state index in [9.17, 15) is 9.59 Å². The Morgan fingerprint density at radius 3 is 2.34 bits per heavy atom. The molecule has 29 heavy (non-hydrogen) atoms. The highest BCUT2D eigenvalue weighted by atomic mass is 16.5. The molecule has 6 heteroatoms. The molecule has 0 unspecified atom stereocenters. The number of carbonyl (C=O) groups is 2. The van der Waals surface area contributed by atoms with Crippen LogP contribution in [0.1, 0.15) is 25.0 Å². The zero-order chi connectivity index (χ0) is 20.6. The number of hydrogen-bond donors (Lipinski definition) is 1. The molecule has 0 aliphatic carbocycles. The fourth-order valence-electron chi connectivity index (χ4n) is 2.91. The number of nitrogens with one attached hydrogen (secondary N) is 1. The summed E-state index contributed by atoms with van der Waals surface area (Å²) in [5, 5.41) is 6.99. The van der Waals surface area contributed by atoms with Crippen LogP contribution in [-0.4, -0.2) is 27.7 Å². The van der Waals surface area contributed by atoms with Crippen molar-refractivity contribution < 1.29 is 14.3 Å². The predicted molar refractivity (Wildman–Crippen MR) is 110 cm³/mol. The second kappa shape index (κ2) is 9.68. The van der Waals surface area contributed by atoms with Gasteiger partial charge in [0.25, 0.3) is 0 Å². The zero-order valence-corrected chi connectivity index (χ0v) is 16.6. The summed E-state index contributed by atoms with van der Waals surface area (Å²) in [6, 6.07) is 18.2. The molecule has 0 radical (unpaired) electrons. The lowest BCUT2D eigenvalue weighted by Gasteiger charge is -2.21. The molecule has 1 aromatic heterocycles. The molecule has 3 rings (SSSR count). The Morgan fingerprint density at radius 1 is 1.00 bits per heavy atom. The lowest BCUT2D eigenvalue weighted by molar-refractivity contribution is -0.150. The molecule has 0 bridgehead atoms. The molecule has 0 fully saturated rings. The first-order valence-corrected chi connectivity index (χ1v) is 9.62. The number of nitrogens with zero attached hydrogens (tertiary/aromatic N) is 2. The maximum atomic E-state index is 12.5. The number of carbonyl (C=O) groups excluding carboxylic acids is 2. The molecule has 6 nitrogen and oxygen atoms in total. The number of hydrogen-bond acceptors (Lipinski definition) is 4. The van der Waals surface area contributed by atoms with E-state index in [0.717, 1.165) is 16.8 Å². The minimum absolute atomic E-state index is 0.0792. The summed E-state index contributed by atoms with van der Waals surface area (Å²) in [6.07, 6.45) is 3.81. The molecule has 1 atom stereocenters. The fourth-order valence-corrected chi connectivity index (χ4v) is 2.91. The average molecular weight is 391 g/mol. The lowest BCUT2D eigenvalue weighted by Crippen LogP contribution is -2.45. The second-order valence-electron chi connectivity index (χ2n) is 7.18. The van der Waals surface area contributed by atoms with Crippen LogP contribution in [0, 0.1) is 5.92 Å². The third kappa shape index (κ3) is 5.78. The molecule has 2 aromatic carbocycles. The van der Waals surface area contributed by atoms with Crippen LogP contribution in [0.3, 0.4) is 0 Å². The molecule has 0 aliphatic heterocycles. The van der Waals surface area contributed by atoms with E-state index in [1.54, 1.807) is 10.9 Å². The van der Waals surface area contributed by atoms with E-state index in [0.29, 0.717) is 0 Å². The number of rotatable bonds is 8. The van der Waals surface area contributed by atoms with E-state index in [4.69, 9.17) is 4.74 Å². The maximum absolute atomic E-state index is 12.5. The number of esters is 1. The highest BCUT2D eigenvalue weighted by Crippen LogP contribution is 2.11. The summed E-state index contributed by atoms with van der Waals surface area (Å²) in [6.45, 7) is 3.91. The van der Waals surface area contributed by atoms with Gasteiger partial charge >= 0.3 is 5.97 Å². The van der Waals surface area contributed by atoms with Gasteiger partial charge in [-0.1, -0.05) is 56.3 Å². The van der Waals surface area contributed by atoms with Gasteiger partial charge in [0, 0.05) is 12.4 Å². The summed E-state index contributed by atoms with van der Waals surface area (Å²) < 4.78 is 7.21. The highest BCUT2D eigenvalue weighted by molar-refractivity contribution is 5.85. The van der Waals surface area contributed by atoms with Crippen molar-refractivity contribution in [3.63, 3.8) is 0 Å². The van der Waals surface area contributed by atoms with Gasteiger partial charge in [-0.2, -0.15) is 5.10 Å². The Kier molecular flexibility index (Phi) is 6.79. The van der Waals surface area contributed by atoms with Crippen molar-refractivity contribution in [3.8, 4) is 5.69 Å². The van der Waals surface area contributed by atoms with Crippen molar-refractivity contribution in [1.82, 2.24) is 15.1 Å². The van der Waals surface area contributed by atoms with Gasteiger partial charge in [-0.3, -0.25) is 4.79 Å². The van der Waals surface area contributed by atoms with Crippen LogP contribution in [0.2, 0.25) is 0 Å². The minimum Gasteiger partial charge on any atom is -0.459 e. The molecule has 1 amide bonds. The topological polar surface area (TPSA) is 73.2 Å². The molecule has 0 spiro atoms. The first kappa shape index (κ1) is 20.3. The molecule has 1 N–H and O–H groups in total. The summed E-state index contributed by atoms with van der Waals surface area (Å²) in [5.41, 5.74) is 2.70. The van der Waals surface area contributed by atoms with Gasteiger partial charge in [-0.25, -0.2) is 9.48 Å². The monoisotopic (exact) mass is 391 g/mol. The van der Waals surface area contributed by atoms with E-state index in [2.05, 4.69) is 10.4 Å². The molecule has 0 saturated heterocycles. The Bertz CT molecular complexity index is 920. The smallest absolute Gasteiger partial charge is 0.329 e. The van der Waals surface area contributed by atoms with Crippen LogP contribution in [0.25, 0.3) is 5.69 Å². The lowest BCUT2D eigenvalue weighted by atomic mass is 10.0. The maximum Gasteiger partial charge on any atom is 0.329 e. The number of amides is 1. The van der Waals surface area contributed by atoms with Crippen molar-refractivity contribution in [2.45, 2.75) is 32.9 Å². The molecule has 0 saturated carbocycles. The molecule has 3 aromatic rings. The predicted octanol–water partition coefficient (Wildman–Crippen LogP) is 3.30. The Morgan fingerprint density at radius 2 is 1.72 bits per heavy atom. The largest absolute Gasteiger partial charge is 0.459 e. The van der Waals surface area contributed by atoms with Gasteiger partial charge in [-0.05, 0) is 35.2 Å². The molecule has 0 aliphatic rings. The van der Waals surface area contributed by atoms with Crippen LogP contribution in [-0.2, 0) is 27.4 Å². The van der Waals surface area contributed by atoms with Gasteiger partial charge in [0.05, 0.1) is 12.1 Å². The van der Waals surface area contributed by atoms with Crippen LogP contribution in [0.4, 0.5) is 0 Å². The van der Waals surface area contributed by atoms with Crippen molar-refractivity contribution in [3.05, 3.63) is 84.2 Å². The third-order valence-corrected chi connectivity index (χ3v) is 4.53. The normalized spacial score (nSPS) is 11.8. The molecule has 150 valence electrons. The number of benzene rings is 2. The average Bonchev–Trinajstić information content (AvgIpc) is 3.26. The minimum atomic E-state index is -0.686. The van der Waals surface area contributed by atoms with Crippen LogP contribution in [0.15, 0.2) is 73.1 Å². The van der Waals surface area contributed by atoms with Crippen molar-refractivity contribution in [2.24, 2.45) is 5.92 Å². The molecular weight excluding hydrogens is 366 g/mol. The van der Waals surface area contributed by atoms with Gasteiger partial charge in [0.2, 0.25) is 5.91 Å². The van der Waals surface area contributed by atoms with Crippen LogP contribution >= 0.6 is 0 Å². The number of ether oxygens (including phenoxy) is 1. The molecule has 1 heterocycles. The van der Waals surface area contributed by atoms with E-state index in [1.165, 1.54) is 0 Å². The van der Waals surface area contributed by atoms with E-state index < -0.39 is 12.0 Å². The van der Waals surface area contributed by atoms with Gasteiger partial charge < -0.3 is 10.1 Å². The van der Waals surface area contributed by atoms with Crippen molar-refractivity contribution in [1.29, 1.82) is 0 Å². The van der Waals surface area contributed by atoms with Crippen molar-refractivity contribution >= 4 is 11.9 Å². The van der Waals surface area contributed by atoms with E-state index in [-0.39, 0.29) is 24.9 Å². The van der Waals surface area contributed by atoms with Crippen molar-refractivity contribution in [2.75, 3.05) is 0 Å².